The molecule has 0 saturated heterocycles. The summed E-state index contributed by atoms with van der Waals surface area (Å²) in [5, 5.41) is 4.54. The molecule has 7 nitrogen and oxygen atoms in total. The molecular formula is C22H17Cl2N3O4. The number of hydrogen-bond acceptors (Lipinski definition) is 6. The van der Waals surface area contributed by atoms with Gasteiger partial charge in [0.15, 0.2) is 11.5 Å². The molecule has 2 aromatic carbocycles. The first-order valence-corrected chi connectivity index (χ1v) is 9.91. The second-order valence-electron chi connectivity index (χ2n) is 6.09. The lowest BCUT2D eigenvalue weighted by molar-refractivity contribution is 0.0728. The predicted octanol–water partition coefficient (Wildman–Crippen LogP) is 4.77. The van der Waals surface area contributed by atoms with Crippen molar-refractivity contribution in [3.8, 4) is 11.5 Å². The van der Waals surface area contributed by atoms with Gasteiger partial charge in [0.1, 0.15) is 0 Å². The van der Waals surface area contributed by atoms with Crippen molar-refractivity contribution in [1.82, 2.24) is 10.4 Å². The molecule has 0 fully saturated rings. The molecule has 1 heterocycles. The maximum absolute atomic E-state index is 12.5. The van der Waals surface area contributed by atoms with Gasteiger partial charge in [-0.2, -0.15) is 5.10 Å². The summed E-state index contributed by atoms with van der Waals surface area (Å²) in [7, 11) is 0. The Morgan fingerprint density at radius 3 is 2.55 bits per heavy atom. The number of amides is 1. The van der Waals surface area contributed by atoms with Crippen LogP contribution in [0.1, 0.15) is 33.2 Å². The van der Waals surface area contributed by atoms with Gasteiger partial charge >= 0.3 is 5.97 Å². The number of carbonyl (C=O) groups excluding carboxylic acids is 2. The summed E-state index contributed by atoms with van der Waals surface area (Å²) < 4.78 is 11.0. The first kappa shape index (κ1) is 22.3. The van der Waals surface area contributed by atoms with Gasteiger partial charge in [-0.1, -0.05) is 23.2 Å². The molecule has 1 amide bonds. The summed E-state index contributed by atoms with van der Waals surface area (Å²) in [5.74, 6) is -0.455. The second kappa shape index (κ2) is 10.6. The zero-order valence-electron chi connectivity index (χ0n) is 16.3. The van der Waals surface area contributed by atoms with Gasteiger partial charge in [-0.25, -0.2) is 10.2 Å². The van der Waals surface area contributed by atoms with E-state index in [2.05, 4.69) is 15.5 Å². The molecule has 3 aromatic rings. The van der Waals surface area contributed by atoms with Gasteiger partial charge in [-0.15, -0.1) is 0 Å². The van der Waals surface area contributed by atoms with Crippen molar-refractivity contribution >= 4 is 41.3 Å². The molecule has 3 rings (SSSR count). The molecule has 0 saturated carbocycles. The van der Waals surface area contributed by atoms with Crippen molar-refractivity contribution in [3.63, 3.8) is 0 Å². The van der Waals surface area contributed by atoms with Gasteiger partial charge < -0.3 is 9.47 Å². The van der Waals surface area contributed by atoms with Crippen molar-refractivity contribution in [2.75, 3.05) is 6.61 Å². The van der Waals surface area contributed by atoms with Crippen LogP contribution in [-0.4, -0.2) is 29.7 Å². The highest BCUT2D eigenvalue weighted by atomic mass is 35.5. The Kier molecular flexibility index (Phi) is 7.59. The van der Waals surface area contributed by atoms with Crippen LogP contribution in [0.25, 0.3) is 0 Å². The van der Waals surface area contributed by atoms with Gasteiger partial charge in [-0.05, 0) is 61.0 Å². The summed E-state index contributed by atoms with van der Waals surface area (Å²) >= 11 is 11.9. The lowest BCUT2D eigenvalue weighted by Gasteiger charge is -2.12. The van der Waals surface area contributed by atoms with Gasteiger partial charge in [0, 0.05) is 23.0 Å². The second-order valence-corrected chi connectivity index (χ2v) is 6.93. The van der Waals surface area contributed by atoms with Gasteiger partial charge in [0.25, 0.3) is 5.91 Å². The van der Waals surface area contributed by atoms with Crippen LogP contribution in [0.3, 0.4) is 0 Å². The van der Waals surface area contributed by atoms with E-state index in [1.807, 2.05) is 0 Å². The number of nitrogens with zero attached hydrogens (tertiary/aromatic N) is 2. The number of nitrogens with one attached hydrogen (secondary N) is 1. The molecule has 31 heavy (non-hydrogen) atoms. The van der Waals surface area contributed by atoms with Crippen LogP contribution in [0.5, 0.6) is 11.5 Å². The molecule has 0 aliphatic rings. The fourth-order valence-electron chi connectivity index (χ4n) is 2.50. The van der Waals surface area contributed by atoms with E-state index in [1.165, 1.54) is 30.7 Å². The van der Waals surface area contributed by atoms with Crippen LogP contribution in [0.15, 0.2) is 66.0 Å². The van der Waals surface area contributed by atoms with Crippen LogP contribution >= 0.6 is 23.2 Å². The first-order valence-electron chi connectivity index (χ1n) is 9.15. The number of rotatable bonds is 7. The van der Waals surface area contributed by atoms with Crippen molar-refractivity contribution in [2.45, 2.75) is 6.92 Å². The minimum absolute atomic E-state index is 0.179. The lowest BCUT2D eigenvalue weighted by atomic mass is 10.2. The van der Waals surface area contributed by atoms with E-state index in [-0.39, 0.29) is 22.2 Å². The number of carbonyl (C=O) groups is 2. The Hall–Kier alpha value is -3.42. The molecule has 0 aliphatic carbocycles. The molecule has 1 aromatic heterocycles. The fraction of sp³-hybridized carbons (Fsp3) is 0.0909. The summed E-state index contributed by atoms with van der Waals surface area (Å²) in [5.41, 5.74) is 3.67. The molecule has 0 bridgehead atoms. The van der Waals surface area contributed by atoms with Crippen molar-refractivity contribution in [3.05, 3.63) is 87.7 Å². The highest BCUT2D eigenvalue weighted by molar-refractivity contribution is 6.36. The quantitative estimate of drug-likeness (QED) is 0.239. The van der Waals surface area contributed by atoms with E-state index in [0.717, 1.165) is 0 Å². The first-order chi connectivity index (χ1) is 15.0. The van der Waals surface area contributed by atoms with Crippen LogP contribution in [0, 0.1) is 0 Å². The van der Waals surface area contributed by atoms with E-state index in [9.17, 15) is 9.59 Å². The Bertz CT molecular complexity index is 1120. The highest BCUT2D eigenvalue weighted by Gasteiger charge is 2.16. The van der Waals surface area contributed by atoms with Gasteiger partial charge in [0.2, 0.25) is 0 Å². The predicted molar refractivity (Wildman–Crippen MR) is 118 cm³/mol. The third kappa shape index (κ3) is 6.04. The Morgan fingerprint density at radius 2 is 1.84 bits per heavy atom. The highest BCUT2D eigenvalue weighted by Crippen LogP contribution is 2.30. The zero-order valence-corrected chi connectivity index (χ0v) is 17.9. The monoisotopic (exact) mass is 457 g/mol. The topological polar surface area (TPSA) is 89.9 Å². The number of aromatic nitrogens is 1. The summed E-state index contributed by atoms with van der Waals surface area (Å²) in [6.45, 7) is 2.16. The number of pyridine rings is 1. The summed E-state index contributed by atoms with van der Waals surface area (Å²) in [6.07, 6.45) is 4.48. The molecular weight excluding hydrogens is 441 g/mol. The molecule has 0 spiro atoms. The maximum Gasteiger partial charge on any atom is 0.345 e. The van der Waals surface area contributed by atoms with Gasteiger partial charge in [-0.3, -0.25) is 9.78 Å². The number of halogens is 2. The lowest BCUT2D eigenvalue weighted by Crippen LogP contribution is -2.17. The summed E-state index contributed by atoms with van der Waals surface area (Å²) in [4.78, 5) is 28.4. The Labute approximate surface area is 188 Å². The molecule has 0 aliphatic heterocycles. The van der Waals surface area contributed by atoms with E-state index < -0.39 is 5.97 Å². The van der Waals surface area contributed by atoms with E-state index in [1.54, 1.807) is 43.3 Å². The smallest absolute Gasteiger partial charge is 0.345 e. The number of ether oxygens (including phenoxy) is 2. The molecule has 0 unspecified atom stereocenters. The van der Waals surface area contributed by atoms with E-state index in [0.29, 0.717) is 28.5 Å². The largest absolute Gasteiger partial charge is 0.490 e. The number of esters is 1. The van der Waals surface area contributed by atoms with E-state index in [4.69, 9.17) is 32.7 Å². The normalized spacial score (nSPS) is 10.7. The number of benzene rings is 2. The Morgan fingerprint density at radius 1 is 1.06 bits per heavy atom. The van der Waals surface area contributed by atoms with Crippen LogP contribution in [0.4, 0.5) is 0 Å². The van der Waals surface area contributed by atoms with Crippen molar-refractivity contribution in [1.29, 1.82) is 0 Å². The van der Waals surface area contributed by atoms with Crippen LogP contribution < -0.4 is 14.9 Å². The zero-order chi connectivity index (χ0) is 22.2. The number of hydrazone groups is 1. The standard InChI is InChI=1S/C22H17Cl2N3O4/c1-2-30-20-11-14(13-26-27-21(28)15-7-9-25-10-8-15)3-6-19(20)31-22(29)17-5-4-16(23)12-18(17)24/h3-13H,2H2,1H3,(H,27,28)/b26-13-. The Balaban J connectivity index is 1.73. The van der Waals surface area contributed by atoms with E-state index >= 15 is 0 Å². The third-order valence-corrected chi connectivity index (χ3v) is 4.49. The maximum atomic E-state index is 12.5. The summed E-state index contributed by atoms with van der Waals surface area (Å²) in [6, 6.07) is 12.5. The minimum Gasteiger partial charge on any atom is -0.490 e. The van der Waals surface area contributed by atoms with Crippen molar-refractivity contribution < 1.29 is 19.1 Å². The average Bonchev–Trinajstić information content (AvgIpc) is 2.76. The van der Waals surface area contributed by atoms with Gasteiger partial charge in [0.05, 0.1) is 23.4 Å². The molecule has 0 atom stereocenters. The SMILES string of the molecule is CCOc1cc(/C=N\NC(=O)c2ccncc2)ccc1OC(=O)c1ccc(Cl)cc1Cl. The number of hydrogen-bond donors (Lipinski definition) is 1. The van der Waals surface area contributed by atoms with Crippen LogP contribution in [-0.2, 0) is 0 Å². The van der Waals surface area contributed by atoms with Crippen molar-refractivity contribution in [2.24, 2.45) is 5.10 Å². The third-order valence-electron chi connectivity index (χ3n) is 3.94. The fourth-order valence-corrected chi connectivity index (χ4v) is 2.99. The molecule has 1 N–H and O–H groups in total. The molecule has 158 valence electrons. The van der Waals surface area contributed by atoms with Crippen LogP contribution in [0.2, 0.25) is 10.0 Å². The average molecular weight is 458 g/mol. The molecule has 9 heteroatoms. The molecule has 0 radical (unpaired) electrons. The minimum atomic E-state index is -0.645.